The number of esters is 1. The Morgan fingerprint density at radius 1 is 1.47 bits per heavy atom. The highest BCUT2D eigenvalue weighted by molar-refractivity contribution is 6.38. The van der Waals surface area contributed by atoms with Crippen LogP contribution in [0.15, 0.2) is 18.5 Å². The summed E-state index contributed by atoms with van der Waals surface area (Å²) >= 11 is 6.15. The molecule has 0 fully saturated rings. The molecule has 4 nitrogen and oxygen atoms in total. The minimum Gasteiger partial charge on any atom is -0.456 e. The number of ether oxygens (including phenoxy) is 1. The first-order chi connectivity index (χ1) is 7.88. The fourth-order valence-electron chi connectivity index (χ4n) is 1.45. The van der Waals surface area contributed by atoms with Crippen molar-refractivity contribution in [1.82, 2.24) is 9.97 Å². The van der Waals surface area contributed by atoms with E-state index in [1.54, 1.807) is 33.0 Å². The van der Waals surface area contributed by atoms with E-state index in [1.165, 1.54) is 6.20 Å². The molecule has 0 saturated carbocycles. The normalized spacial score (nSPS) is 11.8. The van der Waals surface area contributed by atoms with Gasteiger partial charge in [0.15, 0.2) is 0 Å². The summed E-state index contributed by atoms with van der Waals surface area (Å²) < 4.78 is 5.26. The number of aromatic nitrogens is 2. The molecule has 0 aliphatic heterocycles. The number of nitrogens with zero attached hydrogens (tertiary/aromatic N) is 1. The van der Waals surface area contributed by atoms with Crippen molar-refractivity contribution in [3.63, 3.8) is 0 Å². The zero-order valence-corrected chi connectivity index (χ0v) is 10.6. The van der Waals surface area contributed by atoms with Crippen molar-refractivity contribution in [3.05, 3.63) is 29.0 Å². The molecule has 0 spiro atoms. The third kappa shape index (κ3) is 2.42. The molecule has 0 aromatic carbocycles. The van der Waals surface area contributed by atoms with Gasteiger partial charge in [-0.05, 0) is 26.8 Å². The summed E-state index contributed by atoms with van der Waals surface area (Å²) in [4.78, 5) is 18.9. The number of rotatable bonds is 1. The largest absolute Gasteiger partial charge is 0.456 e. The van der Waals surface area contributed by atoms with E-state index in [0.29, 0.717) is 10.7 Å². The number of pyridine rings is 1. The Balaban J connectivity index is 2.42. The van der Waals surface area contributed by atoms with Crippen LogP contribution >= 0.6 is 11.6 Å². The standard InChI is InChI=1S/C12H13ClN2O2/c1-12(2,3)17-11(16)8-6-15-10-7(9(8)13)4-5-14-10/h4-6H,1-3H3,(H,14,15). The molecule has 0 atom stereocenters. The van der Waals surface area contributed by atoms with Crippen LogP contribution in [-0.2, 0) is 4.74 Å². The summed E-state index contributed by atoms with van der Waals surface area (Å²) in [6.45, 7) is 5.42. The van der Waals surface area contributed by atoms with Crippen molar-refractivity contribution in [2.24, 2.45) is 0 Å². The Morgan fingerprint density at radius 2 is 2.18 bits per heavy atom. The molecule has 90 valence electrons. The summed E-state index contributed by atoms with van der Waals surface area (Å²) in [5.74, 6) is -0.460. The number of nitrogens with one attached hydrogen (secondary N) is 1. The lowest BCUT2D eigenvalue weighted by molar-refractivity contribution is 0.00695. The van der Waals surface area contributed by atoms with Gasteiger partial charge in [0.05, 0.1) is 10.6 Å². The first kappa shape index (κ1) is 11.9. The fourth-order valence-corrected chi connectivity index (χ4v) is 1.73. The molecular weight excluding hydrogens is 240 g/mol. The lowest BCUT2D eigenvalue weighted by Crippen LogP contribution is -2.24. The molecule has 2 aromatic rings. The molecule has 17 heavy (non-hydrogen) atoms. The number of fused-ring (bicyclic) bond motifs is 1. The number of carbonyl (C=O) groups is 1. The Bertz CT molecular complexity index is 569. The van der Waals surface area contributed by atoms with Gasteiger partial charge in [-0.15, -0.1) is 0 Å². The maximum Gasteiger partial charge on any atom is 0.341 e. The molecule has 5 heteroatoms. The Labute approximate surface area is 104 Å². The Kier molecular flexibility index (Phi) is 2.83. The van der Waals surface area contributed by atoms with Crippen molar-refractivity contribution in [3.8, 4) is 0 Å². The highest BCUT2D eigenvalue weighted by atomic mass is 35.5. The van der Waals surface area contributed by atoms with Crippen LogP contribution in [0.25, 0.3) is 11.0 Å². The van der Waals surface area contributed by atoms with Crippen LogP contribution in [0.4, 0.5) is 0 Å². The van der Waals surface area contributed by atoms with Gasteiger partial charge in [-0.2, -0.15) is 0 Å². The molecule has 2 rings (SSSR count). The van der Waals surface area contributed by atoms with Crippen LogP contribution in [0.2, 0.25) is 5.02 Å². The van der Waals surface area contributed by atoms with Gasteiger partial charge >= 0.3 is 5.97 Å². The third-order valence-electron chi connectivity index (χ3n) is 2.14. The molecule has 0 radical (unpaired) electrons. The molecule has 0 aliphatic rings. The van der Waals surface area contributed by atoms with E-state index in [0.717, 1.165) is 5.39 Å². The van der Waals surface area contributed by atoms with E-state index in [4.69, 9.17) is 16.3 Å². The summed E-state index contributed by atoms with van der Waals surface area (Å²) in [6, 6.07) is 1.78. The fraction of sp³-hybridized carbons (Fsp3) is 0.333. The van der Waals surface area contributed by atoms with Crippen LogP contribution in [-0.4, -0.2) is 21.5 Å². The van der Waals surface area contributed by atoms with Crippen LogP contribution in [0.1, 0.15) is 31.1 Å². The third-order valence-corrected chi connectivity index (χ3v) is 2.55. The van der Waals surface area contributed by atoms with Gasteiger partial charge in [0.1, 0.15) is 11.2 Å². The van der Waals surface area contributed by atoms with E-state index >= 15 is 0 Å². The van der Waals surface area contributed by atoms with Gasteiger partial charge in [0.2, 0.25) is 0 Å². The minimum absolute atomic E-state index is 0.286. The van der Waals surface area contributed by atoms with Crippen LogP contribution in [0.3, 0.4) is 0 Å². The first-order valence-electron chi connectivity index (χ1n) is 5.23. The smallest absolute Gasteiger partial charge is 0.341 e. The number of aromatic amines is 1. The Morgan fingerprint density at radius 3 is 2.82 bits per heavy atom. The predicted octanol–water partition coefficient (Wildman–Crippen LogP) is 3.17. The maximum absolute atomic E-state index is 11.9. The molecule has 0 amide bonds. The lowest BCUT2D eigenvalue weighted by Gasteiger charge is -2.19. The number of carbonyl (C=O) groups excluding carboxylic acids is 1. The van der Waals surface area contributed by atoms with Crippen molar-refractivity contribution >= 4 is 28.6 Å². The first-order valence-corrected chi connectivity index (χ1v) is 5.61. The number of hydrogen-bond donors (Lipinski definition) is 1. The number of halogens is 1. The van der Waals surface area contributed by atoms with Crippen molar-refractivity contribution < 1.29 is 9.53 Å². The van der Waals surface area contributed by atoms with Gasteiger partial charge in [-0.3, -0.25) is 0 Å². The molecular formula is C12H13ClN2O2. The molecule has 1 N–H and O–H groups in total. The molecule has 0 aliphatic carbocycles. The predicted molar refractivity (Wildman–Crippen MR) is 66.3 cm³/mol. The SMILES string of the molecule is CC(C)(C)OC(=O)c1cnc2[nH]ccc2c1Cl. The van der Waals surface area contributed by atoms with E-state index in [-0.39, 0.29) is 5.56 Å². The maximum atomic E-state index is 11.9. The zero-order valence-electron chi connectivity index (χ0n) is 9.87. The van der Waals surface area contributed by atoms with Crippen LogP contribution in [0, 0.1) is 0 Å². The second-order valence-electron chi connectivity index (χ2n) is 4.73. The average Bonchev–Trinajstić information content (AvgIpc) is 2.63. The summed E-state index contributed by atoms with van der Waals surface area (Å²) in [5.41, 5.74) is 0.393. The molecule has 0 unspecified atom stereocenters. The van der Waals surface area contributed by atoms with E-state index in [9.17, 15) is 4.79 Å². The van der Waals surface area contributed by atoms with Gasteiger partial charge in [0.25, 0.3) is 0 Å². The van der Waals surface area contributed by atoms with Crippen LogP contribution < -0.4 is 0 Å². The Hall–Kier alpha value is -1.55. The molecule has 2 aromatic heterocycles. The second kappa shape index (κ2) is 4.04. The topological polar surface area (TPSA) is 55.0 Å². The van der Waals surface area contributed by atoms with E-state index in [1.807, 2.05) is 0 Å². The van der Waals surface area contributed by atoms with Crippen molar-refractivity contribution in [2.45, 2.75) is 26.4 Å². The van der Waals surface area contributed by atoms with Crippen LogP contribution in [0.5, 0.6) is 0 Å². The zero-order chi connectivity index (χ0) is 12.6. The quantitative estimate of drug-likeness (QED) is 0.793. The summed E-state index contributed by atoms with van der Waals surface area (Å²) in [7, 11) is 0. The van der Waals surface area contributed by atoms with Crippen molar-refractivity contribution in [2.75, 3.05) is 0 Å². The average molecular weight is 253 g/mol. The number of hydrogen-bond acceptors (Lipinski definition) is 3. The van der Waals surface area contributed by atoms with Crippen molar-refractivity contribution in [1.29, 1.82) is 0 Å². The molecule has 0 saturated heterocycles. The van der Waals surface area contributed by atoms with Gasteiger partial charge in [-0.25, -0.2) is 9.78 Å². The summed E-state index contributed by atoms with van der Waals surface area (Å²) in [6.07, 6.45) is 3.15. The second-order valence-corrected chi connectivity index (χ2v) is 5.11. The summed E-state index contributed by atoms with van der Waals surface area (Å²) in [5, 5.41) is 1.08. The molecule has 0 bridgehead atoms. The van der Waals surface area contributed by atoms with Gasteiger partial charge in [0, 0.05) is 17.8 Å². The highest BCUT2D eigenvalue weighted by Gasteiger charge is 2.21. The van der Waals surface area contributed by atoms with E-state index < -0.39 is 11.6 Å². The lowest BCUT2D eigenvalue weighted by atomic mass is 10.2. The van der Waals surface area contributed by atoms with E-state index in [2.05, 4.69) is 9.97 Å². The van der Waals surface area contributed by atoms with Gasteiger partial charge in [-0.1, -0.05) is 11.6 Å². The molecule has 2 heterocycles. The highest BCUT2D eigenvalue weighted by Crippen LogP contribution is 2.26. The minimum atomic E-state index is -0.548. The van der Waals surface area contributed by atoms with Gasteiger partial charge < -0.3 is 9.72 Å². The monoisotopic (exact) mass is 252 g/mol. The number of H-pyrrole nitrogens is 1.